The molecule has 1 atom stereocenters. The van der Waals surface area contributed by atoms with E-state index in [-0.39, 0.29) is 24.8 Å². The normalized spacial score (nSPS) is 18.5. The number of rotatable bonds is 5. The Kier molecular flexibility index (Phi) is 4.70. The van der Waals surface area contributed by atoms with E-state index in [0.717, 1.165) is 19.4 Å². The van der Waals surface area contributed by atoms with Crippen LogP contribution in [-0.4, -0.2) is 40.5 Å². The summed E-state index contributed by atoms with van der Waals surface area (Å²) < 4.78 is 7.18. The molecular weight excluding hydrogens is 282 g/mol. The quantitative estimate of drug-likeness (QED) is 0.872. The van der Waals surface area contributed by atoms with Gasteiger partial charge < -0.3 is 15.2 Å². The molecule has 0 saturated carbocycles. The van der Waals surface area contributed by atoms with Crippen molar-refractivity contribution in [2.24, 2.45) is 0 Å². The van der Waals surface area contributed by atoms with Crippen LogP contribution >= 0.6 is 0 Å². The van der Waals surface area contributed by atoms with Crippen LogP contribution in [0, 0.1) is 0 Å². The van der Waals surface area contributed by atoms with Crippen LogP contribution in [0.25, 0.3) is 10.9 Å². The molecule has 0 spiro atoms. The summed E-state index contributed by atoms with van der Waals surface area (Å²) in [7, 11) is 0. The SMILES string of the molecule is O=c1c2ccccc2nc(NCC2CCCCO2)n1CCO. The fourth-order valence-electron chi connectivity index (χ4n) is 2.78. The van der Waals surface area contributed by atoms with Gasteiger partial charge in [0.05, 0.1) is 30.2 Å². The first kappa shape index (κ1) is 15.0. The van der Waals surface area contributed by atoms with Gasteiger partial charge in [-0.2, -0.15) is 0 Å². The predicted octanol–water partition coefficient (Wildman–Crippen LogP) is 1.37. The summed E-state index contributed by atoms with van der Waals surface area (Å²) in [6, 6.07) is 7.26. The minimum Gasteiger partial charge on any atom is -0.395 e. The second-order valence-electron chi connectivity index (χ2n) is 5.50. The number of anilines is 1. The number of hydrogen-bond acceptors (Lipinski definition) is 5. The Morgan fingerprint density at radius 3 is 3.00 bits per heavy atom. The average molecular weight is 303 g/mol. The Balaban J connectivity index is 1.89. The van der Waals surface area contributed by atoms with Crippen LogP contribution in [-0.2, 0) is 11.3 Å². The molecule has 1 aliphatic rings. The predicted molar refractivity (Wildman–Crippen MR) is 85.2 cm³/mol. The van der Waals surface area contributed by atoms with Crippen LogP contribution < -0.4 is 10.9 Å². The van der Waals surface area contributed by atoms with Gasteiger partial charge in [-0.15, -0.1) is 0 Å². The second-order valence-corrected chi connectivity index (χ2v) is 5.50. The summed E-state index contributed by atoms with van der Waals surface area (Å²) in [4.78, 5) is 17.1. The standard InChI is InChI=1S/C16H21N3O3/c20-9-8-19-15(21)13-6-1-2-7-14(13)18-16(19)17-11-12-5-3-4-10-22-12/h1-2,6-7,12,20H,3-5,8-11H2,(H,17,18). The Morgan fingerprint density at radius 1 is 1.36 bits per heavy atom. The zero-order valence-electron chi connectivity index (χ0n) is 12.5. The lowest BCUT2D eigenvalue weighted by molar-refractivity contribution is 0.0246. The fraction of sp³-hybridized carbons (Fsp3) is 0.500. The molecule has 0 bridgehead atoms. The Morgan fingerprint density at radius 2 is 2.23 bits per heavy atom. The number of ether oxygens (including phenoxy) is 1. The van der Waals surface area contributed by atoms with Gasteiger partial charge in [-0.1, -0.05) is 12.1 Å². The molecule has 1 aromatic carbocycles. The van der Waals surface area contributed by atoms with Gasteiger partial charge in [0.25, 0.3) is 5.56 Å². The number of fused-ring (bicyclic) bond motifs is 1. The van der Waals surface area contributed by atoms with Gasteiger partial charge in [0.1, 0.15) is 0 Å². The first-order valence-electron chi connectivity index (χ1n) is 7.75. The number of hydrogen-bond donors (Lipinski definition) is 2. The summed E-state index contributed by atoms with van der Waals surface area (Å²) in [5.41, 5.74) is 0.528. The smallest absolute Gasteiger partial charge is 0.262 e. The molecule has 1 saturated heterocycles. The van der Waals surface area contributed by atoms with Crippen molar-refractivity contribution in [2.45, 2.75) is 31.9 Å². The number of nitrogens with one attached hydrogen (secondary N) is 1. The highest BCUT2D eigenvalue weighted by Gasteiger charge is 2.16. The first-order chi connectivity index (χ1) is 10.8. The molecule has 1 aromatic heterocycles. The van der Waals surface area contributed by atoms with E-state index in [1.165, 1.54) is 11.0 Å². The van der Waals surface area contributed by atoms with Crippen molar-refractivity contribution >= 4 is 16.9 Å². The Labute approximate surface area is 128 Å². The van der Waals surface area contributed by atoms with E-state index < -0.39 is 0 Å². The van der Waals surface area contributed by atoms with E-state index in [0.29, 0.717) is 23.4 Å². The lowest BCUT2D eigenvalue weighted by Gasteiger charge is -2.23. The van der Waals surface area contributed by atoms with Gasteiger partial charge in [0.2, 0.25) is 5.95 Å². The zero-order valence-corrected chi connectivity index (χ0v) is 12.5. The van der Waals surface area contributed by atoms with Gasteiger partial charge in [0.15, 0.2) is 0 Å². The lowest BCUT2D eigenvalue weighted by atomic mass is 10.1. The first-order valence-corrected chi connectivity index (χ1v) is 7.75. The molecule has 1 unspecified atom stereocenters. The van der Waals surface area contributed by atoms with Crippen molar-refractivity contribution in [3.63, 3.8) is 0 Å². The van der Waals surface area contributed by atoms with Crippen molar-refractivity contribution in [2.75, 3.05) is 25.1 Å². The summed E-state index contributed by atoms with van der Waals surface area (Å²) in [6.45, 7) is 1.54. The maximum absolute atomic E-state index is 12.5. The van der Waals surface area contributed by atoms with Crippen LogP contribution in [0.1, 0.15) is 19.3 Å². The average Bonchev–Trinajstić information content (AvgIpc) is 2.57. The molecule has 2 aromatic rings. The van der Waals surface area contributed by atoms with Gasteiger partial charge in [-0.25, -0.2) is 4.98 Å². The van der Waals surface area contributed by atoms with Crippen LogP contribution in [0.15, 0.2) is 29.1 Å². The van der Waals surface area contributed by atoms with Gasteiger partial charge in [-0.05, 0) is 31.4 Å². The summed E-state index contributed by atoms with van der Waals surface area (Å²) in [6.07, 6.45) is 3.45. The minimum atomic E-state index is -0.133. The number of aliphatic hydroxyl groups excluding tert-OH is 1. The number of aromatic nitrogens is 2. The highest BCUT2D eigenvalue weighted by molar-refractivity contribution is 5.78. The monoisotopic (exact) mass is 303 g/mol. The molecule has 0 amide bonds. The number of para-hydroxylation sites is 1. The Hall–Kier alpha value is -1.92. The molecule has 2 heterocycles. The summed E-state index contributed by atoms with van der Waals surface area (Å²) in [5, 5.41) is 13.0. The van der Waals surface area contributed by atoms with Crippen molar-refractivity contribution in [3.8, 4) is 0 Å². The van der Waals surface area contributed by atoms with Crippen molar-refractivity contribution < 1.29 is 9.84 Å². The molecule has 6 heteroatoms. The molecule has 2 N–H and O–H groups in total. The fourth-order valence-corrected chi connectivity index (χ4v) is 2.78. The van der Waals surface area contributed by atoms with E-state index in [1.54, 1.807) is 6.07 Å². The van der Waals surface area contributed by atoms with Gasteiger partial charge >= 0.3 is 0 Å². The zero-order chi connectivity index (χ0) is 15.4. The molecule has 0 radical (unpaired) electrons. The molecule has 6 nitrogen and oxygen atoms in total. The third kappa shape index (κ3) is 3.13. The Bertz CT molecular complexity index is 693. The second kappa shape index (κ2) is 6.89. The maximum Gasteiger partial charge on any atom is 0.262 e. The number of aliphatic hydroxyl groups is 1. The topological polar surface area (TPSA) is 76.4 Å². The third-order valence-electron chi connectivity index (χ3n) is 3.95. The maximum atomic E-state index is 12.5. The van der Waals surface area contributed by atoms with Crippen LogP contribution in [0.5, 0.6) is 0 Å². The molecule has 0 aliphatic carbocycles. The van der Waals surface area contributed by atoms with E-state index in [2.05, 4.69) is 10.3 Å². The number of nitrogens with zero attached hydrogens (tertiary/aromatic N) is 2. The van der Waals surface area contributed by atoms with Crippen molar-refractivity contribution in [1.82, 2.24) is 9.55 Å². The van der Waals surface area contributed by atoms with E-state index in [4.69, 9.17) is 4.74 Å². The third-order valence-corrected chi connectivity index (χ3v) is 3.95. The minimum absolute atomic E-state index is 0.103. The van der Waals surface area contributed by atoms with Gasteiger partial charge in [0, 0.05) is 13.2 Å². The van der Waals surface area contributed by atoms with Gasteiger partial charge in [-0.3, -0.25) is 9.36 Å². The van der Waals surface area contributed by atoms with E-state index >= 15 is 0 Å². The summed E-state index contributed by atoms with van der Waals surface area (Å²) >= 11 is 0. The highest BCUT2D eigenvalue weighted by atomic mass is 16.5. The molecule has 118 valence electrons. The largest absolute Gasteiger partial charge is 0.395 e. The molecular formula is C16H21N3O3. The van der Waals surface area contributed by atoms with E-state index in [1.807, 2.05) is 18.2 Å². The molecule has 22 heavy (non-hydrogen) atoms. The number of benzene rings is 1. The highest BCUT2D eigenvalue weighted by Crippen LogP contribution is 2.15. The van der Waals surface area contributed by atoms with Crippen LogP contribution in [0.4, 0.5) is 5.95 Å². The molecule has 1 aliphatic heterocycles. The van der Waals surface area contributed by atoms with Crippen LogP contribution in [0.2, 0.25) is 0 Å². The molecule has 3 rings (SSSR count). The van der Waals surface area contributed by atoms with E-state index in [9.17, 15) is 9.90 Å². The summed E-state index contributed by atoms with van der Waals surface area (Å²) in [5.74, 6) is 0.493. The van der Waals surface area contributed by atoms with Crippen molar-refractivity contribution in [3.05, 3.63) is 34.6 Å². The lowest BCUT2D eigenvalue weighted by Crippen LogP contribution is -2.31. The van der Waals surface area contributed by atoms with Crippen LogP contribution in [0.3, 0.4) is 0 Å². The molecule has 1 fully saturated rings. The van der Waals surface area contributed by atoms with Crippen molar-refractivity contribution in [1.29, 1.82) is 0 Å².